The highest BCUT2D eigenvalue weighted by Crippen LogP contribution is 2.21. The summed E-state index contributed by atoms with van der Waals surface area (Å²) >= 11 is 9.31. The van der Waals surface area contributed by atoms with Gasteiger partial charge in [0.2, 0.25) is 0 Å². The van der Waals surface area contributed by atoms with Crippen molar-refractivity contribution >= 4 is 37.4 Å². The number of hydrogen-bond donors (Lipinski definition) is 1. The van der Waals surface area contributed by atoms with E-state index in [9.17, 15) is 8.42 Å². The molecule has 3 nitrogen and oxygen atoms in total. The lowest BCUT2D eigenvalue weighted by Gasteiger charge is -2.26. The number of rotatable bonds is 3. The Kier molecular flexibility index (Phi) is 3.59. The average Bonchev–Trinajstić information content (AvgIpc) is 2.16. The van der Waals surface area contributed by atoms with Gasteiger partial charge in [0.1, 0.15) is 0 Å². The first-order valence-corrected chi connectivity index (χ1v) is 7.83. The van der Waals surface area contributed by atoms with Crippen molar-refractivity contribution in [2.24, 2.45) is 0 Å². The Morgan fingerprint density at radius 2 is 2.12 bits per heavy atom. The van der Waals surface area contributed by atoms with E-state index in [1.807, 2.05) is 18.2 Å². The fourth-order valence-corrected chi connectivity index (χ4v) is 3.56. The van der Waals surface area contributed by atoms with Crippen LogP contribution in [0.1, 0.15) is 5.56 Å². The van der Waals surface area contributed by atoms with Crippen LogP contribution in [0.25, 0.3) is 0 Å². The Morgan fingerprint density at radius 3 is 2.75 bits per heavy atom. The van der Waals surface area contributed by atoms with Gasteiger partial charge in [-0.3, -0.25) is 0 Å². The van der Waals surface area contributed by atoms with Crippen LogP contribution in [0, 0.1) is 0 Å². The quantitative estimate of drug-likeness (QED) is 0.925. The lowest BCUT2D eigenvalue weighted by molar-refractivity contribution is 0.511. The van der Waals surface area contributed by atoms with Crippen molar-refractivity contribution in [3.05, 3.63) is 33.3 Å². The molecule has 0 aliphatic carbocycles. The van der Waals surface area contributed by atoms with Crippen LogP contribution < -0.4 is 5.32 Å². The average molecular weight is 325 g/mol. The molecule has 0 unspecified atom stereocenters. The topological polar surface area (TPSA) is 46.2 Å². The highest BCUT2D eigenvalue weighted by molar-refractivity contribution is 9.10. The summed E-state index contributed by atoms with van der Waals surface area (Å²) in [5, 5.41) is 3.87. The smallest absolute Gasteiger partial charge is 0.153 e. The second-order valence-electron chi connectivity index (χ2n) is 3.89. The lowest BCUT2D eigenvalue weighted by atomic mass is 10.2. The number of nitrogens with one attached hydrogen (secondary N) is 1. The molecule has 1 saturated heterocycles. The van der Waals surface area contributed by atoms with Gasteiger partial charge in [-0.1, -0.05) is 27.5 Å². The van der Waals surface area contributed by atoms with E-state index in [4.69, 9.17) is 11.6 Å². The van der Waals surface area contributed by atoms with Gasteiger partial charge in [0, 0.05) is 22.1 Å². The molecule has 0 amide bonds. The molecule has 88 valence electrons. The maximum Gasteiger partial charge on any atom is 0.153 e. The van der Waals surface area contributed by atoms with Gasteiger partial charge < -0.3 is 5.32 Å². The second-order valence-corrected chi connectivity index (χ2v) is 7.34. The molecule has 1 aromatic carbocycles. The predicted octanol–water partition coefficient (Wildman–Crippen LogP) is 1.99. The highest BCUT2D eigenvalue weighted by Gasteiger charge is 2.32. The SMILES string of the molecule is O=S1(=O)CC(NCc2cc(Cl)ccc2Br)C1. The van der Waals surface area contributed by atoms with Crippen LogP contribution in [0.4, 0.5) is 0 Å². The molecule has 0 radical (unpaired) electrons. The van der Waals surface area contributed by atoms with Gasteiger partial charge in [-0.15, -0.1) is 0 Å². The summed E-state index contributed by atoms with van der Waals surface area (Å²) in [6, 6.07) is 5.64. The third-order valence-corrected chi connectivity index (χ3v) is 5.33. The van der Waals surface area contributed by atoms with Crippen molar-refractivity contribution in [2.75, 3.05) is 11.5 Å². The molecule has 1 fully saturated rings. The Balaban J connectivity index is 1.93. The molecule has 0 bridgehead atoms. The molecular weight excluding hydrogens is 314 g/mol. The zero-order valence-electron chi connectivity index (χ0n) is 8.41. The summed E-state index contributed by atoms with van der Waals surface area (Å²) in [4.78, 5) is 0. The molecule has 1 aromatic rings. The third-order valence-electron chi connectivity index (χ3n) is 2.50. The van der Waals surface area contributed by atoms with Crippen LogP contribution >= 0.6 is 27.5 Å². The summed E-state index contributed by atoms with van der Waals surface area (Å²) in [5.41, 5.74) is 1.04. The van der Waals surface area contributed by atoms with Gasteiger partial charge in [-0.2, -0.15) is 0 Å². The predicted molar refractivity (Wildman–Crippen MR) is 68.4 cm³/mol. The lowest BCUT2D eigenvalue weighted by Crippen LogP contribution is -2.50. The molecule has 0 atom stereocenters. The van der Waals surface area contributed by atoms with E-state index in [0.29, 0.717) is 11.6 Å². The van der Waals surface area contributed by atoms with Crippen LogP contribution in [0.15, 0.2) is 22.7 Å². The Labute approximate surface area is 108 Å². The summed E-state index contributed by atoms with van der Waals surface area (Å²) in [6.45, 7) is 0.626. The summed E-state index contributed by atoms with van der Waals surface area (Å²) in [6.07, 6.45) is 0. The van der Waals surface area contributed by atoms with Crippen molar-refractivity contribution in [1.29, 1.82) is 0 Å². The normalized spacial score (nSPS) is 19.4. The molecule has 0 spiro atoms. The Morgan fingerprint density at radius 1 is 1.44 bits per heavy atom. The van der Waals surface area contributed by atoms with Gasteiger partial charge in [-0.05, 0) is 23.8 Å². The number of sulfone groups is 1. The Hall–Kier alpha value is -0.100. The van der Waals surface area contributed by atoms with Crippen LogP contribution in [-0.2, 0) is 16.4 Å². The zero-order valence-corrected chi connectivity index (χ0v) is 11.6. The summed E-state index contributed by atoms with van der Waals surface area (Å²) in [5.74, 6) is 0.483. The summed E-state index contributed by atoms with van der Waals surface area (Å²) < 4.78 is 22.9. The van der Waals surface area contributed by atoms with Crippen molar-refractivity contribution < 1.29 is 8.42 Å². The zero-order chi connectivity index (χ0) is 11.8. The number of hydrogen-bond acceptors (Lipinski definition) is 3. The largest absolute Gasteiger partial charge is 0.308 e. The first-order valence-electron chi connectivity index (χ1n) is 4.84. The van der Waals surface area contributed by atoms with Crippen LogP contribution in [-0.4, -0.2) is 26.0 Å². The molecule has 1 heterocycles. The fraction of sp³-hybridized carbons (Fsp3) is 0.400. The van der Waals surface area contributed by atoms with E-state index in [1.54, 1.807) is 0 Å². The van der Waals surface area contributed by atoms with Crippen LogP contribution in [0.3, 0.4) is 0 Å². The van der Waals surface area contributed by atoms with E-state index in [2.05, 4.69) is 21.2 Å². The van der Waals surface area contributed by atoms with Crippen molar-refractivity contribution in [3.63, 3.8) is 0 Å². The molecule has 16 heavy (non-hydrogen) atoms. The molecule has 2 rings (SSSR count). The molecule has 1 aliphatic rings. The maximum absolute atomic E-state index is 11.0. The minimum absolute atomic E-state index is 0.0795. The Bertz CT molecular complexity index is 492. The van der Waals surface area contributed by atoms with Gasteiger partial charge in [-0.25, -0.2) is 8.42 Å². The number of halogens is 2. The molecular formula is C10H11BrClNO2S. The molecule has 6 heteroatoms. The van der Waals surface area contributed by atoms with Gasteiger partial charge >= 0.3 is 0 Å². The maximum atomic E-state index is 11.0. The fourth-order valence-electron chi connectivity index (χ4n) is 1.62. The van der Waals surface area contributed by atoms with Crippen LogP contribution in [0.2, 0.25) is 5.02 Å². The van der Waals surface area contributed by atoms with E-state index in [-0.39, 0.29) is 17.5 Å². The van der Waals surface area contributed by atoms with Crippen molar-refractivity contribution in [1.82, 2.24) is 5.32 Å². The number of benzene rings is 1. The summed E-state index contributed by atoms with van der Waals surface area (Å²) in [7, 11) is -2.75. The van der Waals surface area contributed by atoms with Crippen molar-refractivity contribution in [2.45, 2.75) is 12.6 Å². The minimum atomic E-state index is -2.75. The standard InChI is InChI=1S/C10H11BrClNO2S/c11-10-2-1-8(12)3-7(10)4-13-9-5-16(14,15)6-9/h1-3,9,13H,4-6H2. The van der Waals surface area contributed by atoms with Gasteiger partial charge in [0.15, 0.2) is 9.84 Å². The minimum Gasteiger partial charge on any atom is -0.308 e. The second kappa shape index (κ2) is 4.64. The first-order chi connectivity index (χ1) is 7.46. The van der Waals surface area contributed by atoms with E-state index < -0.39 is 9.84 Å². The molecule has 0 aromatic heterocycles. The van der Waals surface area contributed by atoms with Gasteiger partial charge in [0.05, 0.1) is 11.5 Å². The molecule has 1 N–H and O–H groups in total. The van der Waals surface area contributed by atoms with E-state index >= 15 is 0 Å². The molecule has 1 aliphatic heterocycles. The van der Waals surface area contributed by atoms with E-state index in [0.717, 1.165) is 10.0 Å². The van der Waals surface area contributed by atoms with E-state index in [1.165, 1.54) is 0 Å². The first kappa shape index (κ1) is 12.4. The third kappa shape index (κ3) is 2.97. The monoisotopic (exact) mass is 323 g/mol. The van der Waals surface area contributed by atoms with Crippen LogP contribution in [0.5, 0.6) is 0 Å². The highest BCUT2D eigenvalue weighted by atomic mass is 79.9. The van der Waals surface area contributed by atoms with Crippen molar-refractivity contribution in [3.8, 4) is 0 Å². The molecule has 0 saturated carbocycles. The van der Waals surface area contributed by atoms with Gasteiger partial charge in [0.25, 0.3) is 0 Å².